The summed E-state index contributed by atoms with van der Waals surface area (Å²) >= 11 is 1.56. The Labute approximate surface area is 112 Å². The Hall–Kier alpha value is -0.580. The van der Waals surface area contributed by atoms with Crippen molar-refractivity contribution in [3.05, 3.63) is 29.6 Å². The number of nitrogens with two attached hydrogens (primary N) is 1. The Balaban J connectivity index is 2.04. The van der Waals surface area contributed by atoms with Gasteiger partial charge in [0.25, 0.3) is 0 Å². The summed E-state index contributed by atoms with van der Waals surface area (Å²) in [6.45, 7) is 2.79. The van der Waals surface area contributed by atoms with Gasteiger partial charge in [0.05, 0.1) is 6.10 Å². The van der Waals surface area contributed by atoms with Gasteiger partial charge in [-0.15, -0.1) is 11.8 Å². The van der Waals surface area contributed by atoms with Gasteiger partial charge in [-0.25, -0.2) is 4.39 Å². The van der Waals surface area contributed by atoms with Gasteiger partial charge in [-0.1, -0.05) is 12.1 Å². The molecular weight excluding hydrogens is 249 g/mol. The van der Waals surface area contributed by atoms with Crippen molar-refractivity contribution in [1.82, 2.24) is 0 Å². The Bertz CT molecular complexity index is 391. The smallest absolute Gasteiger partial charge is 0.137 e. The van der Waals surface area contributed by atoms with Gasteiger partial charge >= 0.3 is 0 Å². The lowest BCUT2D eigenvalue weighted by atomic mass is 10.1. The Morgan fingerprint density at radius 1 is 1.56 bits per heavy atom. The molecule has 0 aromatic heterocycles. The molecule has 100 valence electrons. The maximum atomic E-state index is 13.9. The molecule has 18 heavy (non-hydrogen) atoms. The van der Waals surface area contributed by atoms with E-state index < -0.39 is 0 Å². The van der Waals surface area contributed by atoms with Gasteiger partial charge in [0.15, 0.2) is 0 Å². The largest absolute Gasteiger partial charge is 0.377 e. The minimum atomic E-state index is -0.142. The maximum absolute atomic E-state index is 13.9. The van der Waals surface area contributed by atoms with Crippen LogP contribution in [0.25, 0.3) is 0 Å². The summed E-state index contributed by atoms with van der Waals surface area (Å²) in [4.78, 5) is 0.741. The van der Waals surface area contributed by atoms with E-state index in [1.807, 2.05) is 13.0 Å². The molecule has 1 aromatic rings. The number of hydrogen-bond donors (Lipinski definition) is 1. The molecule has 2 unspecified atom stereocenters. The van der Waals surface area contributed by atoms with Gasteiger partial charge in [-0.2, -0.15) is 0 Å². The molecule has 0 bridgehead atoms. The summed E-state index contributed by atoms with van der Waals surface area (Å²) in [7, 11) is 0. The van der Waals surface area contributed by atoms with E-state index in [4.69, 9.17) is 10.5 Å². The van der Waals surface area contributed by atoms with E-state index in [-0.39, 0.29) is 18.0 Å². The van der Waals surface area contributed by atoms with Crippen LogP contribution in [-0.2, 0) is 11.2 Å². The van der Waals surface area contributed by atoms with Gasteiger partial charge in [0, 0.05) is 23.3 Å². The highest BCUT2D eigenvalue weighted by molar-refractivity contribution is 7.99. The lowest BCUT2D eigenvalue weighted by molar-refractivity contribution is 0.129. The third kappa shape index (κ3) is 3.70. The van der Waals surface area contributed by atoms with E-state index in [0.29, 0.717) is 6.42 Å². The predicted molar refractivity (Wildman–Crippen MR) is 73.5 cm³/mol. The predicted octanol–water partition coefficient (Wildman–Crippen LogP) is 2.99. The zero-order chi connectivity index (χ0) is 13.0. The summed E-state index contributed by atoms with van der Waals surface area (Å²) in [5.74, 6) is 0.684. The number of rotatable bonds is 5. The third-order valence-corrected chi connectivity index (χ3v) is 4.31. The second kappa shape index (κ2) is 6.55. The first-order valence-electron chi connectivity index (χ1n) is 6.44. The second-order valence-corrected chi connectivity index (χ2v) is 5.89. The molecule has 1 heterocycles. The van der Waals surface area contributed by atoms with Gasteiger partial charge < -0.3 is 10.5 Å². The molecule has 1 saturated heterocycles. The molecule has 2 atom stereocenters. The van der Waals surface area contributed by atoms with E-state index in [9.17, 15) is 4.39 Å². The van der Waals surface area contributed by atoms with Gasteiger partial charge in [0.1, 0.15) is 5.82 Å². The molecule has 1 aliphatic rings. The first kappa shape index (κ1) is 13.8. The van der Waals surface area contributed by atoms with Crippen LogP contribution >= 0.6 is 11.8 Å². The Morgan fingerprint density at radius 2 is 2.39 bits per heavy atom. The van der Waals surface area contributed by atoms with Crippen molar-refractivity contribution in [3.63, 3.8) is 0 Å². The second-order valence-electron chi connectivity index (χ2n) is 4.86. The van der Waals surface area contributed by atoms with Crippen LogP contribution in [0.3, 0.4) is 0 Å². The van der Waals surface area contributed by atoms with Crippen molar-refractivity contribution in [3.8, 4) is 0 Å². The molecule has 0 radical (unpaired) electrons. The Morgan fingerprint density at radius 3 is 3.06 bits per heavy atom. The molecule has 1 fully saturated rings. The monoisotopic (exact) mass is 269 g/mol. The normalized spacial score (nSPS) is 21.2. The van der Waals surface area contributed by atoms with Crippen molar-refractivity contribution < 1.29 is 9.13 Å². The number of halogens is 1. The topological polar surface area (TPSA) is 35.2 Å². The minimum Gasteiger partial charge on any atom is -0.377 e. The lowest BCUT2D eigenvalue weighted by Gasteiger charge is -2.14. The molecule has 0 aliphatic carbocycles. The van der Waals surface area contributed by atoms with Crippen LogP contribution in [0.2, 0.25) is 0 Å². The van der Waals surface area contributed by atoms with Crippen LogP contribution in [0.15, 0.2) is 23.1 Å². The van der Waals surface area contributed by atoms with Gasteiger partial charge in [0.2, 0.25) is 0 Å². The van der Waals surface area contributed by atoms with E-state index in [0.717, 1.165) is 35.7 Å². The van der Waals surface area contributed by atoms with E-state index >= 15 is 0 Å². The van der Waals surface area contributed by atoms with Crippen molar-refractivity contribution >= 4 is 11.8 Å². The molecule has 2 nitrogen and oxygen atoms in total. The average Bonchev–Trinajstić information content (AvgIpc) is 2.80. The van der Waals surface area contributed by atoms with Crippen LogP contribution in [-0.4, -0.2) is 24.5 Å². The van der Waals surface area contributed by atoms with Crippen molar-refractivity contribution in [2.45, 2.75) is 43.2 Å². The quantitative estimate of drug-likeness (QED) is 0.835. The fourth-order valence-electron chi connectivity index (χ4n) is 2.17. The van der Waals surface area contributed by atoms with Crippen LogP contribution in [0.1, 0.15) is 25.3 Å². The summed E-state index contributed by atoms with van der Waals surface area (Å²) < 4.78 is 19.4. The van der Waals surface area contributed by atoms with Crippen molar-refractivity contribution in [2.75, 3.05) is 12.4 Å². The zero-order valence-electron chi connectivity index (χ0n) is 10.7. The summed E-state index contributed by atoms with van der Waals surface area (Å²) in [5, 5.41) is 0. The lowest BCUT2D eigenvalue weighted by Crippen LogP contribution is -2.18. The molecule has 0 spiro atoms. The van der Waals surface area contributed by atoms with Crippen LogP contribution in [0, 0.1) is 5.82 Å². The van der Waals surface area contributed by atoms with Crippen LogP contribution < -0.4 is 5.73 Å². The first-order valence-corrected chi connectivity index (χ1v) is 7.42. The van der Waals surface area contributed by atoms with Gasteiger partial charge in [-0.05, 0) is 37.8 Å². The molecule has 1 aliphatic heterocycles. The number of benzene rings is 1. The molecule has 0 amide bonds. The highest BCUT2D eigenvalue weighted by Gasteiger charge is 2.18. The zero-order valence-corrected chi connectivity index (χ0v) is 11.5. The number of hydrogen-bond acceptors (Lipinski definition) is 3. The summed E-state index contributed by atoms with van der Waals surface area (Å²) in [6.07, 6.45) is 3.20. The van der Waals surface area contributed by atoms with E-state index in [2.05, 4.69) is 0 Å². The molecular formula is C14H20FNOS. The molecule has 0 saturated carbocycles. The minimum absolute atomic E-state index is 0.0499. The Kier molecular flexibility index (Phi) is 5.03. The number of ether oxygens (including phenoxy) is 1. The van der Waals surface area contributed by atoms with Crippen LogP contribution in [0.4, 0.5) is 4.39 Å². The SMILES string of the molecule is CC(N)Cc1cccc(F)c1SCC1CCCO1. The third-order valence-electron chi connectivity index (χ3n) is 3.03. The highest BCUT2D eigenvalue weighted by Crippen LogP contribution is 2.29. The first-order chi connectivity index (χ1) is 8.66. The summed E-state index contributed by atoms with van der Waals surface area (Å²) in [5.41, 5.74) is 6.81. The highest BCUT2D eigenvalue weighted by atomic mass is 32.2. The van der Waals surface area contributed by atoms with Crippen molar-refractivity contribution in [1.29, 1.82) is 0 Å². The van der Waals surface area contributed by atoms with Crippen molar-refractivity contribution in [2.24, 2.45) is 5.73 Å². The van der Waals surface area contributed by atoms with Gasteiger partial charge in [-0.3, -0.25) is 0 Å². The number of thioether (sulfide) groups is 1. The maximum Gasteiger partial charge on any atom is 0.137 e. The standard InChI is InChI=1S/C14H20FNOS/c1-10(16)8-11-4-2-6-13(15)14(11)18-9-12-5-3-7-17-12/h2,4,6,10,12H,3,5,7-9,16H2,1H3. The average molecular weight is 269 g/mol. The molecule has 1 aromatic carbocycles. The van der Waals surface area contributed by atoms with E-state index in [1.54, 1.807) is 17.8 Å². The molecule has 2 N–H and O–H groups in total. The fraction of sp³-hybridized carbons (Fsp3) is 0.571. The summed E-state index contributed by atoms with van der Waals surface area (Å²) in [6, 6.07) is 5.28. The van der Waals surface area contributed by atoms with E-state index in [1.165, 1.54) is 6.07 Å². The fourth-order valence-corrected chi connectivity index (χ4v) is 3.33. The van der Waals surface area contributed by atoms with Crippen LogP contribution in [0.5, 0.6) is 0 Å². The molecule has 2 rings (SSSR count). The molecule has 4 heteroatoms.